The van der Waals surface area contributed by atoms with Gasteiger partial charge in [-0.2, -0.15) is 0 Å². The predicted molar refractivity (Wildman–Crippen MR) is 71.9 cm³/mol. The highest BCUT2D eigenvalue weighted by atomic mass is 79.9. The Bertz CT molecular complexity index is 190. The van der Waals surface area contributed by atoms with E-state index in [2.05, 4.69) is 28.9 Å². The summed E-state index contributed by atoms with van der Waals surface area (Å²) in [5.74, 6) is -0.120. The van der Waals surface area contributed by atoms with Crippen LogP contribution in [0.2, 0.25) is 0 Å². The van der Waals surface area contributed by atoms with Crippen molar-refractivity contribution in [2.75, 3.05) is 11.9 Å². The van der Waals surface area contributed by atoms with Crippen LogP contribution in [0.4, 0.5) is 0 Å². The van der Waals surface area contributed by atoms with Crippen LogP contribution in [-0.2, 0) is 9.53 Å². The minimum absolute atomic E-state index is 0.120. The van der Waals surface area contributed by atoms with Gasteiger partial charge in [0.2, 0.25) is 0 Å². The number of ether oxygens (including phenoxy) is 1. The molecule has 0 rings (SSSR count). The molecule has 0 aromatic heterocycles. The van der Waals surface area contributed by atoms with Gasteiger partial charge in [-0.1, -0.05) is 54.3 Å². The summed E-state index contributed by atoms with van der Waals surface area (Å²) in [7, 11) is 0. The quantitative estimate of drug-likeness (QED) is 0.260. The number of alkyl halides is 1. The van der Waals surface area contributed by atoms with E-state index in [0.29, 0.717) is 13.0 Å². The first kappa shape index (κ1) is 15.7. The molecule has 0 N–H and O–H groups in total. The van der Waals surface area contributed by atoms with Gasteiger partial charge in [0.1, 0.15) is 0 Å². The van der Waals surface area contributed by atoms with Gasteiger partial charge in [-0.15, -0.1) is 0 Å². The zero-order valence-electron chi connectivity index (χ0n) is 10.2. The fourth-order valence-electron chi connectivity index (χ4n) is 1.29. The SMILES string of the molecule is CCCCCC/C=C\CC(=O)OCCCBr. The molecule has 0 aliphatic rings. The van der Waals surface area contributed by atoms with Crippen LogP contribution < -0.4 is 0 Å². The Labute approximate surface area is 108 Å². The molecule has 0 fully saturated rings. The fourth-order valence-corrected chi connectivity index (χ4v) is 1.51. The summed E-state index contributed by atoms with van der Waals surface area (Å²) < 4.78 is 5.01. The summed E-state index contributed by atoms with van der Waals surface area (Å²) in [6, 6.07) is 0. The third-order valence-electron chi connectivity index (χ3n) is 2.22. The summed E-state index contributed by atoms with van der Waals surface area (Å²) >= 11 is 3.29. The van der Waals surface area contributed by atoms with Gasteiger partial charge in [0.15, 0.2) is 0 Å². The van der Waals surface area contributed by atoms with Crippen molar-refractivity contribution in [1.82, 2.24) is 0 Å². The average molecular weight is 291 g/mol. The number of halogens is 1. The third-order valence-corrected chi connectivity index (χ3v) is 2.78. The van der Waals surface area contributed by atoms with Crippen LogP contribution in [-0.4, -0.2) is 17.9 Å². The number of esters is 1. The van der Waals surface area contributed by atoms with Crippen LogP contribution >= 0.6 is 15.9 Å². The van der Waals surface area contributed by atoms with Gasteiger partial charge in [-0.05, 0) is 19.3 Å². The van der Waals surface area contributed by atoms with Gasteiger partial charge in [0.05, 0.1) is 13.0 Å². The van der Waals surface area contributed by atoms with Gasteiger partial charge in [0.25, 0.3) is 0 Å². The first-order valence-electron chi connectivity index (χ1n) is 6.17. The number of carbonyl (C=O) groups excluding carboxylic acids is 1. The van der Waals surface area contributed by atoms with Crippen molar-refractivity contribution >= 4 is 21.9 Å². The molecule has 0 atom stereocenters. The highest BCUT2D eigenvalue weighted by molar-refractivity contribution is 9.09. The Morgan fingerprint density at radius 1 is 1.19 bits per heavy atom. The number of hydrogen-bond acceptors (Lipinski definition) is 2. The summed E-state index contributed by atoms with van der Waals surface area (Å²) in [4.78, 5) is 11.2. The monoisotopic (exact) mass is 290 g/mol. The van der Waals surface area contributed by atoms with Crippen molar-refractivity contribution in [2.24, 2.45) is 0 Å². The lowest BCUT2D eigenvalue weighted by molar-refractivity contribution is -0.142. The van der Waals surface area contributed by atoms with E-state index >= 15 is 0 Å². The van der Waals surface area contributed by atoms with Crippen molar-refractivity contribution in [3.63, 3.8) is 0 Å². The van der Waals surface area contributed by atoms with Crippen LogP contribution in [0.15, 0.2) is 12.2 Å². The molecular formula is C13H23BrO2. The van der Waals surface area contributed by atoms with Gasteiger partial charge >= 0.3 is 5.97 Å². The molecule has 0 saturated heterocycles. The van der Waals surface area contributed by atoms with Gasteiger partial charge in [-0.25, -0.2) is 0 Å². The maximum Gasteiger partial charge on any atom is 0.309 e. The zero-order chi connectivity index (χ0) is 12.1. The van der Waals surface area contributed by atoms with E-state index in [4.69, 9.17) is 4.74 Å². The minimum Gasteiger partial charge on any atom is -0.465 e. The Kier molecular flexibility index (Phi) is 12.5. The van der Waals surface area contributed by atoms with Crippen molar-refractivity contribution in [1.29, 1.82) is 0 Å². The second-order valence-electron chi connectivity index (χ2n) is 3.79. The van der Waals surface area contributed by atoms with E-state index in [0.717, 1.165) is 18.2 Å². The van der Waals surface area contributed by atoms with Gasteiger partial charge < -0.3 is 4.74 Å². The van der Waals surface area contributed by atoms with E-state index in [1.165, 1.54) is 25.7 Å². The number of rotatable bonds is 10. The molecule has 0 heterocycles. The van der Waals surface area contributed by atoms with Crippen LogP contribution in [0.25, 0.3) is 0 Å². The highest BCUT2D eigenvalue weighted by Crippen LogP contribution is 2.03. The molecule has 16 heavy (non-hydrogen) atoms. The van der Waals surface area contributed by atoms with Crippen molar-refractivity contribution in [3.8, 4) is 0 Å². The molecule has 0 unspecified atom stereocenters. The highest BCUT2D eigenvalue weighted by Gasteiger charge is 1.97. The number of allylic oxidation sites excluding steroid dienone is 1. The molecular weight excluding hydrogens is 268 g/mol. The predicted octanol–water partition coefficient (Wildman–Crippen LogP) is 4.23. The van der Waals surface area contributed by atoms with E-state index in [1.807, 2.05) is 6.08 Å². The second-order valence-corrected chi connectivity index (χ2v) is 4.58. The van der Waals surface area contributed by atoms with E-state index in [-0.39, 0.29) is 5.97 Å². The topological polar surface area (TPSA) is 26.3 Å². The first-order chi connectivity index (χ1) is 7.81. The van der Waals surface area contributed by atoms with Crippen LogP contribution in [0.5, 0.6) is 0 Å². The molecule has 0 saturated carbocycles. The normalized spacial score (nSPS) is 10.9. The van der Waals surface area contributed by atoms with Gasteiger partial charge in [-0.3, -0.25) is 4.79 Å². The molecule has 0 amide bonds. The largest absolute Gasteiger partial charge is 0.465 e. The lowest BCUT2D eigenvalue weighted by atomic mass is 10.1. The molecule has 0 aromatic carbocycles. The van der Waals surface area contributed by atoms with Crippen molar-refractivity contribution in [2.45, 2.75) is 51.9 Å². The van der Waals surface area contributed by atoms with Crippen LogP contribution in [0, 0.1) is 0 Å². The molecule has 0 bridgehead atoms. The lowest BCUT2D eigenvalue weighted by Crippen LogP contribution is -2.04. The van der Waals surface area contributed by atoms with Crippen LogP contribution in [0.1, 0.15) is 51.9 Å². The maximum absolute atomic E-state index is 11.2. The molecule has 0 aliphatic heterocycles. The summed E-state index contributed by atoms with van der Waals surface area (Å²) in [5, 5.41) is 0.882. The second kappa shape index (κ2) is 12.8. The summed E-state index contributed by atoms with van der Waals surface area (Å²) in [6.07, 6.45) is 11.5. The standard InChI is InChI=1S/C13H23BrO2/c1-2-3-4-5-6-7-8-10-13(15)16-12-9-11-14/h7-8H,2-6,9-12H2,1H3/b8-7-. The summed E-state index contributed by atoms with van der Waals surface area (Å²) in [5.41, 5.74) is 0. The lowest BCUT2D eigenvalue weighted by Gasteiger charge is -2.00. The Morgan fingerprint density at radius 3 is 2.69 bits per heavy atom. The Hall–Kier alpha value is -0.310. The zero-order valence-corrected chi connectivity index (χ0v) is 11.8. The van der Waals surface area contributed by atoms with E-state index < -0.39 is 0 Å². The molecule has 0 spiro atoms. The summed E-state index contributed by atoms with van der Waals surface area (Å²) in [6.45, 7) is 2.73. The number of unbranched alkanes of at least 4 members (excludes halogenated alkanes) is 4. The molecule has 2 nitrogen and oxygen atoms in total. The Balaban J connectivity index is 3.27. The Morgan fingerprint density at radius 2 is 2.00 bits per heavy atom. The van der Waals surface area contributed by atoms with E-state index in [9.17, 15) is 4.79 Å². The minimum atomic E-state index is -0.120. The number of carbonyl (C=O) groups is 1. The first-order valence-corrected chi connectivity index (χ1v) is 7.30. The smallest absolute Gasteiger partial charge is 0.309 e. The molecule has 0 radical (unpaired) electrons. The molecule has 94 valence electrons. The molecule has 0 aromatic rings. The third kappa shape index (κ3) is 11.8. The molecule has 0 aliphatic carbocycles. The van der Waals surface area contributed by atoms with Crippen molar-refractivity contribution < 1.29 is 9.53 Å². The van der Waals surface area contributed by atoms with Crippen molar-refractivity contribution in [3.05, 3.63) is 12.2 Å². The maximum atomic E-state index is 11.2. The number of hydrogen-bond donors (Lipinski definition) is 0. The molecule has 3 heteroatoms. The van der Waals surface area contributed by atoms with Crippen LogP contribution in [0.3, 0.4) is 0 Å². The van der Waals surface area contributed by atoms with E-state index in [1.54, 1.807) is 0 Å². The average Bonchev–Trinajstić information content (AvgIpc) is 2.28. The van der Waals surface area contributed by atoms with Gasteiger partial charge in [0, 0.05) is 5.33 Å². The fraction of sp³-hybridized carbons (Fsp3) is 0.769.